The number of carbonyl (C=O) groups excluding carboxylic acids is 1. The first-order valence-corrected chi connectivity index (χ1v) is 6.64. The molecule has 0 fully saturated rings. The summed E-state index contributed by atoms with van der Waals surface area (Å²) in [6, 6.07) is 7.15. The summed E-state index contributed by atoms with van der Waals surface area (Å²) in [4.78, 5) is 14.9. The van der Waals surface area contributed by atoms with E-state index in [9.17, 15) is 4.79 Å². The number of hydrogen-bond donors (Lipinski definition) is 1. The van der Waals surface area contributed by atoms with Crippen molar-refractivity contribution in [3.63, 3.8) is 0 Å². The third-order valence-electron chi connectivity index (χ3n) is 2.55. The Morgan fingerprint density at radius 3 is 2.83 bits per heavy atom. The fourth-order valence-electron chi connectivity index (χ4n) is 1.68. The van der Waals surface area contributed by atoms with Crippen molar-refractivity contribution in [2.24, 2.45) is 5.73 Å². The third kappa shape index (κ3) is 3.21. The van der Waals surface area contributed by atoms with Crippen molar-refractivity contribution in [1.82, 2.24) is 4.90 Å². The van der Waals surface area contributed by atoms with Crippen LogP contribution in [0, 0.1) is 0 Å². The lowest BCUT2D eigenvalue weighted by atomic mass is 10.2. The van der Waals surface area contributed by atoms with E-state index >= 15 is 0 Å². The van der Waals surface area contributed by atoms with Crippen molar-refractivity contribution >= 4 is 17.2 Å². The highest BCUT2D eigenvalue weighted by atomic mass is 32.1. The van der Waals surface area contributed by atoms with Gasteiger partial charge in [0.05, 0.1) is 25.4 Å². The lowest BCUT2D eigenvalue weighted by Crippen LogP contribution is -2.41. The summed E-state index contributed by atoms with van der Waals surface area (Å²) in [6.45, 7) is 2.72. The van der Waals surface area contributed by atoms with Crippen LogP contribution < -0.4 is 5.73 Å². The van der Waals surface area contributed by atoms with Gasteiger partial charge >= 0.3 is 0 Å². The molecule has 0 aliphatic heterocycles. The highest BCUT2D eigenvalue weighted by molar-refractivity contribution is 7.09. The van der Waals surface area contributed by atoms with Crippen LogP contribution >= 0.6 is 11.3 Å². The van der Waals surface area contributed by atoms with E-state index < -0.39 is 6.04 Å². The number of carbonyl (C=O) groups is 1. The molecule has 0 aliphatic carbocycles. The van der Waals surface area contributed by atoms with E-state index in [1.807, 2.05) is 29.6 Å². The van der Waals surface area contributed by atoms with Gasteiger partial charge in [-0.1, -0.05) is 6.07 Å². The Labute approximate surface area is 110 Å². The molecule has 1 atom stereocenters. The maximum Gasteiger partial charge on any atom is 0.239 e. The molecule has 2 heterocycles. The minimum atomic E-state index is -0.500. The Bertz CT molecular complexity index is 441. The van der Waals surface area contributed by atoms with Gasteiger partial charge in [0.1, 0.15) is 5.76 Å². The number of thiophene rings is 1. The SMILES string of the molecule is C[C@H](N)C(=O)N(Cc1ccco1)Cc1cccs1. The summed E-state index contributed by atoms with van der Waals surface area (Å²) in [7, 11) is 0. The minimum absolute atomic E-state index is 0.0696. The molecule has 0 spiro atoms. The van der Waals surface area contributed by atoms with Crippen LogP contribution in [0.2, 0.25) is 0 Å². The molecule has 0 saturated heterocycles. The summed E-state index contributed by atoms with van der Waals surface area (Å²) < 4.78 is 5.28. The number of nitrogens with two attached hydrogens (primary N) is 1. The summed E-state index contributed by atoms with van der Waals surface area (Å²) in [6.07, 6.45) is 1.61. The van der Waals surface area contributed by atoms with E-state index in [0.717, 1.165) is 10.6 Å². The van der Waals surface area contributed by atoms with Gasteiger partial charge in [-0.15, -0.1) is 11.3 Å². The topological polar surface area (TPSA) is 59.5 Å². The number of hydrogen-bond acceptors (Lipinski definition) is 4. The molecule has 2 rings (SSSR count). The Kier molecular flexibility index (Phi) is 4.17. The van der Waals surface area contributed by atoms with E-state index in [2.05, 4.69) is 0 Å². The second-order valence-electron chi connectivity index (χ2n) is 4.14. The van der Waals surface area contributed by atoms with Gasteiger partial charge in [-0.2, -0.15) is 0 Å². The summed E-state index contributed by atoms with van der Waals surface area (Å²) >= 11 is 1.63. The van der Waals surface area contributed by atoms with E-state index in [0.29, 0.717) is 13.1 Å². The molecule has 0 saturated carbocycles. The first-order chi connectivity index (χ1) is 8.66. The summed E-state index contributed by atoms with van der Waals surface area (Å²) in [5.41, 5.74) is 5.68. The molecule has 0 radical (unpaired) electrons. The van der Waals surface area contributed by atoms with Crippen LogP contribution in [-0.4, -0.2) is 16.8 Å². The van der Waals surface area contributed by atoms with Crippen LogP contribution in [0.3, 0.4) is 0 Å². The second-order valence-corrected chi connectivity index (χ2v) is 5.17. The smallest absolute Gasteiger partial charge is 0.239 e. The zero-order valence-corrected chi connectivity index (χ0v) is 11.0. The van der Waals surface area contributed by atoms with Gasteiger partial charge < -0.3 is 15.1 Å². The van der Waals surface area contributed by atoms with Crippen molar-refractivity contribution in [3.8, 4) is 0 Å². The van der Waals surface area contributed by atoms with Crippen LogP contribution in [0.4, 0.5) is 0 Å². The molecule has 0 unspecified atom stereocenters. The summed E-state index contributed by atoms with van der Waals surface area (Å²) in [5.74, 6) is 0.695. The zero-order chi connectivity index (χ0) is 13.0. The van der Waals surface area contributed by atoms with Gasteiger partial charge in [-0.05, 0) is 30.5 Å². The first kappa shape index (κ1) is 12.9. The lowest BCUT2D eigenvalue weighted by molar-refractivity contribution is -0.133. The molecular formula is C13H16N2O2S. The molecule has 2 aromatic rings. The predicted octanol–water partition coefficient (Wildman–Crippen LogP) is 2.22. The molecule has 2 aromatic heterocycles. The van der Waals surface area contributed by atoms with Crippen molar-refractivity contribution in [3.05, 3.63) is 46.5 Å². The van der Waals surface area contributed by atoms with Crippen molar-refractivity contribution in [2.75, 3.05) is 0 Å². The fourth-order valence-corrected chi connectivity index (χ4v) is 2.40. The molecule has 96 valence electrons. The Morgan fingerprint density at radius 1 is 1.44 bits per heavy atom. The molecule has 0 bridgehead atoms. The molecule has 18 heavy (non-hydrogen) atoms. The monoisotopic (exact) mass is 264 g/mol. The van der Waals surface area contributed by atoms with Gasteiger partial charge in [0, 0.05) is 4.88 Å². The standard InChI is InChI=1S/C13H16N2O2S/c1-10(14)13(16)15(8-11-4-2-6-17-11)9-12-5-3-7-18-12/h2-7,10H,8-9,14H2,1H3/t10-/m0/s1. The maximum absolute atomic E-state index is 12.1. The molecular weight excluding hydrogens is 248 g/mol. The molecule has 1 amide bonds. The fraction of sp³-hybridized carbons (Fsp3) is 0.308. The van der Waals surface area contributed by atoms with E-state index in [4.69, 9.17) is 10.2 Å². The van der Waals surface area contributed by atoms with Crippen LogP contribution in [0.15, 0.2) is 40.3 Å². The quantitative estimate of drug-likeness (QED) is 0.900. The lowest BCUT2D eigenvalue weighted by Gasteiger charge is -2.22. The maximum atomic E-state index is 12.1. The third-order valence-corrected chi connectivity index (χ3v) is 3.42. The number of nitrogens with zero attached hydrogens (tertiary/aromatic N) is 1. The van der Waals surface area contributed by atoms with Gasteiger partial charge in [-0.3, -0.25) is 4.79 Å². The van der Waals surface area contributed by atoms with Crippen molar-refractivity contribution in [2.45, 2.75) is 26.1 Å². The second kappa shape index (κ2) is 5.84. The van der Waals surface area contributed by atoms with Crippen LogP contribution in [0.1, 0.15) is 17.6 Å². The predicted molar refractivity (Wildman–Crippen MR) is 70.9 cm³/mol. The number of amides is 1. The zero-order valence-electron chi connectivity index (χ0n) is 10.2. The van der Waals surface area contributed by atoms with E-state index in [1.54, 1.807) is 29.4 Å². The van der Waals surface area contributed by atoms with Crippen molar-refractivity contribution in [1.29, 1.82) is 0 Å². The van der Waals surface area contributed by atoms with Gasteiger partial charge in [-0.25, -0.2) is 0 Å². The average molecular weight is 264 g/mol. The van der Waals surface area contributed by atoms with E-state index in [1.165, 1.54) is 0 Å². The van der Waals surface area contributed by atoms with Crippen LogP contribution in [0.5, 0.6) is 0 Å². The molecule has 4 nitrogen and oxygen atoms in total. The van der Waals surface area contributed by atoms with Crippen molar-refractivity contribution < 1.29 is 9.21 Å². The van der Waals surface area contributed by atoms with Gasteiger partial charge in [0.25, 0.3) is 0 Å². The molecule has 5 heteroatoms. The van der Waals surface area contributed by atoms with Gasteiger partial charge in [0.2, 0.25) is 5.91 Å². The minimum Gasteiger partial charge on any atom is -0.467 e. The molecule has 2 N–H and O–H groups in total. The van der Waals surface area contributed by atoms with E-state index in [-0.39, 0.29) is 5.91 Å². The number of rotatable bonds is 5. The summed E-state index contributed by atoms with van der Waals surface area (Å²) in [5, 5.41) is 2.00. The van der Waals surface area contributed by atoms with Gasteiger partial charge in [0.15, 0.2) is 0 Å². The first-order valence-electron chi connectivity index (χ1n) is 5.76. The molecule has 0 aliphatic rings. The largest absolute Gasteiger partial charge is 0.467 e. The normalized spacial score (nSPS) is 12.3. The molecule has 0 aromatic carbocycles. The average Bonchev–Trinajstić information content (AvgIpc) is 2.99. The highest BCUT2D eigenvalue weighted by Crippen LogP contribution is 2.15. The Hall–Kier alpha value is -1.59. The van der Waals surface area contributed by atoms with Crippen LogP contribution in [-0.2, 0) is 17.9 Å². The Morgan fingerprint density at radius 2 is 2.28 bits per heavy atom. The Balaban J connectivity index is 2.09. The number of furan rings is 1. The highest BCUT2D eigenvalue weighted by Gasteiger charge is 2.19. The van der Waals surface area contributed by atoms with Crippen LogP contribution in [0.25, 0.3) is 0 Å².